The molecule has 0 aliphatic carbocycles. The second-order valence-electron chi connectivity index (χ2n) is 4.37. The first-order valence-corrected chi connectivity index (χ1v) is 4.43. The van der Waals surface area contributed by atoms with E-state index in [-0.39, 0.29) is 0 Å². The van der Waals surface area contributed by atoms with Crippen molar-refractivity contribution in [3.8, 4) is 0 Å². The summed E-state index contributed by atoms with van der Waals surface area (Å²) in [6.45, 7) is 11.8. The Morgan fingerprint density at radius 2 is 2.18 bits per heavy atom. The van der Waals surface area contributed by atoms with E-state index in [0.29, 0.717) is 5.54 Å². The van der Waals surface area contributed by atoms with Crippen molar-refractivity contribution in [2.75, 3.05) is 6.54 Å². The molecule has 11 heavy (non-hydrogen) atoms. The Bertz CT molecular complexity index is 154. The van der Waals surface area contributed by atoms with Gasteiger partial charge < -0.3 is 5.32 Å². The lowest BCUT2D eigenvalue weighted by Gasteiger charge is -2.15. The van der Waals surface area contributed by atoms with Gasteiger partial charge in [0.15, 0.2) is 0 Å². The maximum Gasteiger partial charge on any atom is 0.0346 e. The van der Waals surface area contributed by atoms with E-state index in [1.165, 1.54) is 18.5 Å². The molecule has 64 valence electrons. The minimum atomic E-state index is 0.444. The molecule has 1 heterocycles. The zero-order chi connectivity index (χ0) is 8.48. The van der Waals surface area contributed by atoms with Crippen molar-refractivity contribution in [2.24, 2.45) is 5.92 Å². The van der Waals surface area contributed by atoms with Crippen LogP contribution in [0.4, 0.5) is 0 Å². The maximum absolute atomic E-state index is 3.95. The van der Waals surface area contributed by atoms with E-state index in [1.54, 1.807) is 0 Å². The number of rotatable bonds is 4. The Morgan fingerprint density at radius 1 is 1.64 bits per heavy atom. The Labute approximate surface area is 69.9 Å². The highest BCUT2D eigenvalue weighted by Gasteiger charge is 2.41. The Hall–Kier alpha value is -0.300. The quantitative estimate of drug-likeness (QED) is 0.486. The predicted molar refractivity (Wildman–Crippen MR) is 49.6 cm³/mol. The smallest absolute Gasteiger partial charge is 0.0346 e. The number of hydrogen-bond donors (Lipinski definition) is 1. The molecular formula is C10H19N. The van der Waals surface area contributed by atoms with Gasteiger partial charge in [-0.3, -0.25) is 0 Å². The summed E-state index contributed by atoms with van der Waals surface area (Å²) in [5.74, 6) is 0.796. The monoisotopic (exact) mass is 153 g/mol. The van der Waals surface area contributed by atoms with Crippen molar-refractivity contribution < 1.29 is 0 Å². The molecule has 1 aliphatic heterocycles. The average molecular weight is 153 g/mol. The third kappa shape index (κ3) is 2.66. The second-order valence-corrected chi connectivity index (χ2v) is 4.37. The van der Waals surface area contributed by atoms with Gasteiger partial charge >= 0.3 is 0 Å². The van der Waals surface area contributed by atoms with E-state index in [2.05, 4.69) is 32.7 Å². The molecule has 1 N–H and O–H groups in total. The van der Waals surface area contributed by atoms with Gasteiger partial charge in [0.05, 0.1) is 0 Å². The fourth-order valence-corrected chi connectivity index (χ4v) is 1.83. The summed E-state index contributed by atoms with van der Waals surface area (Å²) in [5.41, 5.74) is 1.75. The van der Waals surface area contributed by atoms with Crippen LogP contribution >= 0.6 is 0 Å². The van der Waals surface area contributed by atoms with Crippen LogP contribution in [0.3, 0.4) is 0 Å². The molecule has 0 aromatic rings. The van der Waals surface area contributed by atoms with Crippen molar-refractivity contribution in [1.82, 2.24) is 5.32 Å². The molecule has 0 saturated carbocycles. The lowest BCUT2D eigenvalue weighted by Crippen LogP contribution is -2.18. The summed E-state index contributed by atoms with van der Waals surface area (Å²) in [5, 5.41) is 3.45. The largest absolute Gasteiger partial charge is 0.308 e. The summed E-state index contributed by atoms with van der Waals surface area (Å²) < 4.78 is 0. The summed E-state index contributed by atoms with van der Waals surface area (Å²) in [6, 6.07) is 0. The van der Waals surface area contributed by atoms with Gasteiger partial charge in [0.1, 0.15) is 0 Å². The van der Waals surface area contributed by atoms with E-state index < -0.39 is 0 Å². The van der Waals surface area contributed by atoms with E-state index in [4.69, 9.17) is 0 Å². The number of nitrogens with one attached hydrogen (secondary N) is 1. The molecule has 1 unspecified atom stereocenters. The lowest BCUT2D eigenvalue weighted by atomic mass is 9.91. The first-order valence-electron chi connectivity index (χ1n) is 4.43. The van der Waals surface area contributed by atoms with E-state index in [9.17, 15) is 0 Å². The zero-order valence-corrected chi connectivity index (χ0v) is 7.91. The van der Waals surface area contributed by atoms with Crippen molar-refractivity contribution in [1.29, 1.82) is 0 Å². The molecule has 0 amide bonds. The summed E-state index contributed by atoms with van der Waals surface area (Å²) in [4.78, 5) is 0. The van der Waals surface area contributed by atoms with Crippen LogP contribution in [0.2, 0.25) is 0 Å². The molecule has 0 spiro atoms. The van der Waals surface area contributed by atoms with Gasteiger partial charge in [0.2, 0.25) is 0 Å². The van der Waals surface area contributed by atoms with Gasteiger partial charge in [-0.1, -0.05) is 19.4 Å². The normalized spacial score (nSPS) is 29.1. The Morgan fingerprint density at radius 3 is 2.45 bits per heavy atom. The van der Waals surface area contributed by atoms with Crippen molar-refractivity contribution in [3.05, 3.63) is 12.2 Å². The SMILES string of the molecule is C=C(C)CC1(CC(C)C)CN1. The first-order chi connectivity index (χ1) is 5.04. The zero-order valence-electron chi connectivity index (χ0n) is 7.91. The Balaban J connectivity index is 2.35. The molecule has 0 aromatic heterocycles. The minimum absolute atomic E-state index is 0.444. The van der Waals surface area contributed by atoms with Crippen LogP contribution in [0, 0.1) is 5.92 Å². The van der Waals surface area contributed by atoms with E-state index in [0.717, 1.165) is 12.3 Å². The summed E-state index contributed by atoms with van der Waals surface area (Å²) in [7, 11) is 0. The summed E-state index contributed by atoms with van der Waals surface area (Å²) >= 11 is 0. The second kappa shape index (κ2) is 2.98. The van der Waals surface area contributed by atoms with E-state index in [1.807, 2.05) is 0 Å². The maximum atomic E-state index is 3.95. The highest BCUT2D eigenvalue weighted by molar-refractivity contribution is 5.12. The van der Waals surface area contributed by atoms with Crippen LogP contribution in [0.5, 0.6) is 0 Å². The predicted octanol–water partition coefficient (Wildman–Crippen LogP) is 2.34. The molecule has 1 fully saturated rings. The molecule has 1 atom stereocenters. The van der Waals surface area contributed by atoms with Crippen molar-refractivity contribution in [2.45, 2.75) is 39.2 Å². The molecule has 1 aliphatic rings. The van der Waals surface area contributed by atoms with E-state index >= 15 is 0 Å². The molecule has 1 saturated heterocycles. The van der Waals surface area contributed by atoms with Crippen LogP contribution in [0.25, 0.3) is 0 Å². The van der Waals surface area contributed by atoms with Crippen molar-refractivity contribution >= 4 is 0 Å². The van der Waals surface area contributed by atoms with Crippen molar-refractivity contribution in [3.63, 3.8) is 0 Å². The standard InChI is InChI=1S/C10H19N/c1-8(2)5-10(7-11-10)6-9(3)4/h9,11H,1,5-7H2,2-4H3. The van der Waals surface area contributed by atoms with Gasteiger partial charge in [0.25, 0.3) is 0 Å². The lowest BCUT2D eigenvalue weighted by molar-refractivity contribution is 0.463. The van der Waals surface area contributed by atoms with Gasteiger partial charge in [-0.25, -0.2) is 0 Å². The van der Waals surface area contributed by atoms with Gasteiger partial charge in [-0.15, -0.1) is 6.58 Å². The third-order valence-electron chi connectivity index (χ3n) is 2.12. The molecular weight excluding hydrogens is 134 g/mol. The van der Waals surface area contributed by atoms with Crippen LogP contribution in [0.15, 0.2) is 12.2 Å². The highest BCUT2D eigenvalue weighted by atomic mass is 15.2. The molecule has 1 heteroatoms. The molecule has 0 bridgehead atoms. The topological polar surface area (TPSA) is 21.9 Å². The highest BCUT2D eigenvalue weighted by Crippen LogP contribution is 2.31. The minimum Gasteiger partial charge on any atom is -0.308 e. The first kappa shape index (κ1) is 8.79. The molecule has 0 aromatic carbocycles. The van der Waals surface area contributed by atoms with Crippen LogP contribution < -0.4 is 5.32 Å². The summed E-state index contributed by atoms with van der Waals surface area (Å²) in [6.07, 6.45) is 2.45. The third-order valence-corrected chi connectivity index (χ3v) is 2.12. The van der Waals surface area contributed by atoms with Crippen LogP contribution in [-0.2, 0) is 0 Å². The molecule has 0 radical (unpaired) electrons. The van der Waals surface area contributed by atoms with Gasteiger partial charge in [-0.2, -0.15) is 0 Å². The average Bonchev–Trinajstić information content (AvgIpc) is 2.43. The number of hydrogen-bond acceptors (Lipinski definition) is 1. The van der Waals surface area contributed by atoms with Crippen LogP contribution in [0.1, 0.15) is 33.6 Å². The van der Waals surface area contributed by atoms with Crippen LogP contribution in [-0.4, -0.2) is 12.1 Å². The fraction of sp³-hybridized carbons (Fsp3) is 0.800. The molecule has 1 rings (SSSR count). The van der Waals surface area contributed by atoms with Gasteiger partial charge in [-0.05, 0) is 25.7 Å². The van der Waals surface area contributed by atoms with Gasteiger partial charge in [0, 0.05) is 12.1 Å². The molecule has 1 nitrogen and oxygen atoms in total. The fourth-order valence-electron chi connectivity index (χ4n) is 1.83. The Kier molecular flexibility index (Phi) is 2.38.